The summed E-state index contributed by atoms with van der Waals surface area (Å²) in [7, 11) is 1.74. The smallest absolute Gasteiger partial charge is 0.122 e. The lowest BCUT2D eigenvalue weighted by Gasteiger charge is -2.10. The summed E-state index contributed by atoms with van der Waals surface area (Å²) < 4.78 is 5.46. The predicted octanol–water partition coefficient (Wildman–Crippen LogP) is 4.41. The van der Waals surface area contributed by atoms with Crippen LogP contribution in [0.3, 0.4) is 0 Å². The van der Waals surface area contributed by atoms with Crippen LogP contribution in [0.25, 0.3) is 0 Å². The van der Waals surface area contributed by atoms with Crippen molar-refractivity contribution in [2.24, 2.45) is 0 Å². The predicted molar refractivity (Wildman–Crippen MR) is 81.1 cm³/mol. The zero-order valence-electron chi connectivity index (χ0n) is 12.3. The van der Waals surface area contributed by atoms with Crippen LogP contribution in [-0.2, 0) is 12.8 Å². The molecule has 0 fully saturated rings. The van der Waals surface area contributed by atoms with Crippen LogP contribution in [-0.4, -0.2) is 7.11 Å². The van der Waals surface area contributed by atoms with E-state index in [-0.39, 0.29) is 0 Å². The Kier molecular flexibility index (Phi) is 4.26. The molecule has 1 nitrogen and oxygen atoms in total. The normalized spacial score (nSPS) is 10.5. The van der Waals surface area contributed by atoms with Gasteiger partial charge in [0, 0.05) is 0 Å². The van der Waals surface area contributed by atoms with Gasteiger partial charge in [-0.3, -0.25) is 0 Å². The molecule has 0 saturated carbocycles. The largest absolute Gasteiger partial charge is 0.496 e. The summed E-state index contributed by atoms with van der Waals surface area (Å²) in [6, 6.07) is 13.2. The topological polar surface area (TPSA) is 9.23 Å². The summed E-state index contributed by atoms with van der Waals surface area (Å²) in [6.45, 7) is 6.42. The molecule has 0 N–H and O–H groups in total. The number of aryl methyl sites for hydroxylation is 5. The van der Waals surface area contributed by atoms with Crippen LogP contribution in [0, 0.1) is 20.8 Å². The summed E-state index contributed by atoms with van der Waals surface area (Å²) in [6.07, 6.45) is 2.08. The molecule has 0 saturated heterocycles. The highest BCUT2D eigenvalue weighted by atomic mass is 16.5. The zero-order chi connectivity index (χ0) is 13.8. The second-order valence-electron chi connectivity index (χ2n) is 5.23. The molecule has 0 aromatic heterocycles. The number of ether oxygens (including phenoxy) is 1. The van der Waals surface area contributed by atoms with Crippen molar-refractivity contribution in [3.05, 3.63) is 64.2 Å². The van der Waals surface area contributed by atoms with E-state index in [2.05, 4.69) is 57.2 Å². The quantitative estimate of drug-likeness (QED) is 0.785. The summed E-state index contributed by atoms with van der Waals surface area (Å²) in [5, 5.41) is 0. The Balaban J connectivity index is 2.12. The maximum absolute atomic E-state index is 5.46. The van der Waals surface area contributed by atoms with Gasteiger partial charge < -0.3 is 4.74 Å². The summed E-state index contributed by atoms with van der Waals surface area (Å²) in [4.78, 5) is 0. The SMILES string of the molecule is COc1cc(C)ccc1CCc1ccc(C)c(C)c1. The highest BCUT2D eigenvalue weighted by Crippen LogP contribution is 2.22. The van der Waals surface area contributed by atoms with Gasteiger partial charge in [0.25, 0.3) is 0 Å². The Morgan fingerprint density at radius 2 is 1.63 bits per heavy atom. The molecule has 1 heteroatoms. The van der Waals surface area contributed by atoms with Crippen LogP contribution in [0.4, 0.5) is 0 Å². The molecule has 0 aliphatic heterocycles. The van der Waals surface area contributed by atoms with Gasteiger partial charge in [0.15, 0.2) is 0 Å². The lowest BCUT2D eigenvalue weighted by Crippen LogP contribution is -1.97. The van der Waals surface area contributed by atoms with Gasteiger partial charge in [-0.2, -0.15) is 0 Å². The number of hydrogen-bond acceptors (Lipinski definition) is 1. The van der Waals surface area contributed by atoms with Crippen LogP contribution in [0.5, 0.6) is 5.75 Å². The van der Waals surface area contributed by atoms with Gasteiger partial charge in [0.05, 0.1) is 7.11 Å². The van der Waals surface area contributed by atoms with E-state index in [1.54, 1.807) is 7.11 Å². The van der Waals surface area contributed by atoms with E-state index in [0.29, 0.717) is 0 Å². The molecule has 0 aliphatic rings. The minimum Gasteiger partial charge on any atom is -0.496 e. The molecule has 19 heavy (non-hydrogen) atoms. The molecule has 0 spiro atoms. The van der Waals surface area contributed by atoms with Crippen molar-refractivity contribution in [2.45, 2.75) is 33.6 Å². The molecular formula is C18H22O. The third-order valence-corrected chi connectivity index (χ3v) is 3.70. The van der Waals surface area contributed by atoms with Crippen molar-refractivity contribution >= 4 is 0 Å². The van der Waals surface area contributed by atoms with E-state index in [9.17, 15) is 0 Å². The average Bonchev–Trinajstić information content (AvgIpc) is 2.41. The number of benzene rings is 2. The molecule has 2 rings (SSSR count). The van der Waals surface area contributed by atoms with E-state index in [1.807, 2.05) is 0 Å². The summed E-state index contributed by atoms with van der Waals surface area (Å²) in [5.41, 5.74) is 6.65. The molecule has 0 radical (unpaired) electrons. The molecule has 0 amide bonds. The van der Waals surface area contributed by atoms with Gasteiger partial charge in [0.2, 0.25) is 0 Å². The van der Waals surface area contributed by atoms with Gasteiger partial charge in [-0.25, -0.2) is 0 Å². The first-order valence-corrected chi connectivity index (χ1v) is 6.80. The van der Waals surface area contributed by atoms with E-state index < -0.39 is 0 Å². The summed E-state index contributed by atoms with van der Waals surface area (Å²) >= 11 is 0. The molecule has 0 bridgehead atoms. The van der Waals surface area contributed by atoms with Gasteiger partial charge in [-0.15, -0.1) is 0 Å². The minimum atomic E-state index is 1.00. The standard InChI is InChI=1S/C18H22O/c1-13-5-9-17(18(11-13)19-4)10-8-16-7-6-14(2)15(3)12-16/h5-7,9,11-12H,8,10H2,1-4H3. The molecular weight excluding hydrogens is 232 g/mol. The Bertz CT molecular complexity index is 570. The van der Waals surface area contributed by atoms with Crippen LogP contribution in [0.1, 0.15) is 27.8 Å². The molecule has 0 atom stereocenters. The second kappa shape index (κ2) is 5.92. The first kappa shape index (κ1) is 13.7. The summed E-state index contributed by atoms with van der Waals surface area (Å²) in [5.74, 6) is 1.00. The van der Waals surface area contributed by atoms with E-state index in [4.69, 9.17) is 4.74 Å². The van der Waals surface area contributed by atoms with E-state index in [1.165, 1.54) is 27.8 Å². The first-order chi connectivity index (χ1) is 9.10. The van der Waals surface area contributed by atoms with Crippen molar-refractivity contribution in [3.8, 4) is 5.75 Å². The van der Waals surface area contributed by atoms with Crippen molar-refractivity contribution in [1.82, 2.24) is 0 Å². The van der Waals surface area contributed by atoms with Crippen molar-refractivity contribution in [2.75, 3.05) is 7.11 Å². The fourth-order valence-corrected chi connectivity index (χ4v) is 2.30. The van der Waals surface area contributed by atoms with Crippen molar-refractivity contribution in [3.63, 3.8) is 0 Å². The van der Waals surface area contributed by atoms with Crippen LogP contribution in [0.2, 0.25) is 0 Å². The number of hydrogen-bond donors (Lipinski definition) is 0. The molecule has 2 aromatic rings. The van der Waals surface area contributed by atoms with Crippen LogP contribution < -0.4 is 4.74 Å². The third-order valence-electron chi connectivity index (χ3n) is 3.70. The van der Waals surface area contributed by atoms with Gasteiger partial charge in [-0.05, 0) is 67.5 Å². The van der Waals surface area contributed by atoms with E-state index >= 15 is 0 Å². The van der Waals surface area contributed by atoms with Gasteiger partial charge >= 0.3 is 0 Å². The Morgan fingerprint density at radius 1 is 0.842 bits per heavy atom. The molecule has 0 aliphatic carbocycles. The number of methoxy groups -OCH3 is 1. The lowest BCUT2D eigenvalue weighted by molar-refractivity contribution is 0.409. The van der Waals surface area contributed by atoms with Gasteiger partial charge in [-0.1, -0.05) is 30.3 Å². The molecule has 0 heterocycles. The third kappa shape index (κ3) is 3.37. The second-order valence-corrected chi connectivity index (χ2v) is 5.23. The van der Waals surface area contributed by atoms with Crippen LogP contribution >= 0.6 is 0 Å². The van der Waals surface area contributed by atoms with Gasteiger partial charge in [0.1, 0.15) is 5.75 Å². The van der Waals surface area contributed by atoms with E-state index in [0.717, 1.165) is 18.6 Å². The fraction of sp³-hybridized carbons (Fsp3) is 0.333. The Hall–Kier alpha value is -1.76. The fourth-order valence-electron chi connectivity index (χ4n) is 2.30. The van der Waals surface area contributed by atoms with Crippen molar-refractivity contribution < 1.29 is 4.74 Å². The Morgan fingerprint density at radius 3 is 2.32 bits per heavy atom. The minimum absolute atomic E-state index is 1.00. The highest BCUT2D eigenvalue weighted by Gasteiger charge is 2.04. The lowest BCUT2D eigenvalue weighted by atomic mass is 9.99. The molecule has 2 aromatic carbocycles. The maximum Gasteiger partial charge on any atom is 0.122 e. The average molecular weight is 254 g/mol. The highest BCUT2D eigenvalue weighted by molar-refractivity contribution is 5.38. The molecule has 100 valence electrons. The molecule has 0 unspecified atom stereocenters. The first-order valence-electron chi connectivity index (χ1n) is 6.80. The van der Waals surface area contributed by atoms with Crippen LogP contribution in [0.15, 0.2) is 36.4 Å². The number of rotatable bonds is 4. The van der Waals surface area contributed by atoms with Crippen molar-refractivity contribution in [1.29, 1.82) is 0 Å². The Labute approximate surface area is 116 Å². The monoisotopic (exact) mass is 254 g/mol. The maximum atomic E-state index is 5.46. The zero-order valence-corrected chi connectivity index (χ0v) is 12.3.